The van der Waals surface area contributed by atoms with Crippen LogP contribution in [0.15, 0.2) is 188 Å². The summed E-state index contributed by atoms with van der Waals surface area (Å²) in [6.07, 6.45) is 0. The molecule has 1 nitrogen and oxygen atoms in total. The highest BCUT2D eigenvalue weighted by molar-refractivity contribution is 7.20. The molecule has 0 aliphatic carbocycles. The summed E-state index contributed by atoms with van der Waals surface area (Å²) in [4.78, 5) is 0. The zero-order chi connectivity index (χ0) is 29.3. The highest BCUT2D eigenvalue weighted by Gasteiger charge is 2.42. The first-order valence-electron chi connectivity index (χ1n) is 15.2. The van der Waals surface area contributed by atoms with E-state index in [0.717, 1.165) is 0 Å². The van der Waals surface area contributed by atoms with Crippen molar-refractivity contribution in [1.82, 2.24) is 4.57 Å². The average molecular weight is 578 g/mol. The molecule has 208 valence electrons. The zero-order valence-electron chi connectivity index (χ0n) is 24.3. The van der Waals surface area contributed by atoms with Gasteiger partial charge in [0, 0.05) is 16.5 Å². The third-order valence-corrected chi connectivity index (χ3v) is 13.8. The van der Waals surface area contributed by atoms with Crippen molar-refractivity contribution in [3.8, 4) is 16.8 Å². The Bertz CT molecular complexity index is 2070. The molecule has 0 saturated heterocycles. The largest absolute Gasteiger partial charge is 0.309 e. The van der Waals surface area contributed by atoms with Crippen molar-refractivity contribution in [2.45, 2.75) is 0 Å². The number of aromatic nitrogens is 1. The Balaban J connectivity index is 1.42. The van der Waals surface area contributed by atoms with Gasteiger partial charge in [-0.1, -0.05) is 164 Å². The van der Waals surface area contributed by atoms with Crippen LogP contribution in [0.3, 0.4) is 0 Å². The van der Waals surface area contributed by atoms with Gasteiger partial charge in [0.05, 0.1) is 11.0 Å². The Kier molecular flexibility index (Phi) is 6.55. The van der Waals surface area contributed by atoms with Gasteiger partial charge in [-0.05, 0) is 56.1 Å². The summed E-state index contributed by atoms with van der Waals surface area (Å²) in [5.74, 6) is 0. The third-order valence-electron chi connectivity index (χ3n) is 8.95. The first kappa shape index (κ1) is 26.2. The van der Waals surface area contributed by atoms with Gasteiger partial charge in [-0.2, -0.15) is 0 Å². The lowest BCUT2D eigenvalue weighted by Gasteiger charge is -2.36. The van der Waals surface area contributed by atoms with Gasteiger partial charge < -0.3 is 4.57 Å². The fraction of sp³-hybridized carbons (Fsp3) is 0. The number of para-hydroxylation sites is 2. The third kappa shape index (κ3) is 4.15. The molecule has 0 bridgehead atoms. The highest BCUT2D eigenvalue weighted by atomic mass is 28.3. The summed E-state index contributed by atoms with van der Waals surface area (Å²) in [6.45, 7) is 0. The van der Waals surface area contributed by atoms with E-state index < -0.39 is 8.07 Å². The van der Waals surface area contributed by atoms with E-state index in [1.807, 2.05) is 0 Å². The van der Waals surface area contributed by atoms with Crippen LogP contribution in [0.1, 0.15) is 0 Å². The quantitative estimate of drug-likeness (QED) is 0.140. The molecule has 0 N–H and O–H groups in total. The summed E-state index contributed by atoms with van der Waals surface area (Å²) in [5, 5.41) is 8.08. The van der Waals surface area contributed by atoms with Gasteiger partial charge in [0.1, 0.15) is 0 Å². The minimum atomic E-state index is -2.71. The Morgan fingerprint density at radius 2 is 0.818 bits per heavy atom. The standard InChI is InChI=1S/C42H31NSi/c1-4-19-34(20-5-1)44(35-21-6-2-7-22-35,36-23-8-3-9-24-36)42-30-15-12-25-37(42)32-17-16-18-33(31-32)43-40-28-13-10-26-38(40)39-27-11-14-29-41(39)43/h1-31H. The molecule has 2 heteroatoms. The van der Waals surface area contributed by atoms with Crippen molar-refractivity contribution in [2.24, 2.45) is 0 Å². The number of rotatable bonds is 6. The van der Waals surface area contributed by atoms with E-state index in [1.165, 1.54) is 59.4 Å². The van der Waals surface area contributed by atoms with Gasteiger partial charge in [-0.25, -0.2) is 0 Å². The molecule has 0 spiro atoms. The van der Waals surface area contributed by atoms with Crippen molar-refractivity contribution < 1.29 is 0 Å². The average Bonchev–Trinajstić information content (AvgIpc) is 3.45. The molecule has 0 radical (unpaired) electrons. The minimum Gasteiger partial charge on any atom is -0.309 e. The van der Waals surface area contributed by atoms with Gasteiger partial charge in [0.15, 0.2) is 8.07 Å². The number of fused-ring (bicyclic) bond motifs is 3. The van der Waals surface area contributed by atoms with Gasteiger partial charge in [-0.3, -0.25) is 0 Å². The lowest BCUT2D eigenvalue weighted by molar-refractivity contribution is 1.18. The zero-order valence-corrected chi connectivity index (χ0v) is 25.3. The smallest absolute Gasteiger partial charge is 0.180 e. The minimum absolute atomic E-state index is 1.17. The number of nitrogens with zero attached hydrogens (tertiary/aromatic N) is 1. The van der Waals surface area contributed by atoms with Crippen molar-refractivity contribution >= 4 is 50.6 Å². The van der Waals surface area contributed by atoms with Crippen LogP contribution in [0.4, 0.5) is 0 Å². The molecular weight excluding hydrogens is 547 g/mol. The van der Waals surface area contributed by atoms with E-state index in [9.17, 15) is 0 Å². The summed E-state index contributed by atoms with van der Waals surface area (Å²) in [7, 11) is -2.71. The number of benzene rings is 7. The normalized spacial score (nSPS) is 11.6. The predicted octanol–water partition coefficient (Wildman–Crippen LogP) is 7.83. The first-order chi connectivity index (χ1) is 21.9. The molecule has 44 heavy (non-hydrogen) atoms. The summed E-state index contributed by atoms with van der Waals surface area (Å²) >= 11 is 0. The van der Waals surface area contributed by atoms with Crippen LogP contribution in [-0.2, 0) is 0 Å². The number of hydrogen-bond acceptors (Lipinski definition) is 0. The second kappa shape index (κ2) is 11.0. The molecule has 0 unspecified atom stereocenters. The van der Waals surface area contributed by atoms with Crippen molar-refractivity contribution in [3.63, 3.8) is 0 Å². The molecule has 0 amide bonds. The van der Waals surface area contributed by atoms with Gasteiger partial charge >= 0.3 is 0 Å². The summed E-state index contributed by atoms with van der Waals surface area (Å²) < 4.78 is 2.41. The molecule has 0 fully saturated rings. The first-order valence-corrected chi connectivity index (χ1v) is 17.2. The number of hydrogen-bond donors (Lipinski definition) is 0. The van der Waals surface area contributed by atoms with E-state index in [1.54, 1.807) is 0 Å². The van der Waals surface area contributed by atoms with Crippen molar-refractivity contribution in [3.05, 3.63) is 188 Å². The molecule has 0 atom stereocenters. The Morgan fingerprint density at radius 1 is 0.364 bits per heavy atom. The molecule has 0 aliphatic heterocycles. The lowest BCUT2D eigenvalue weighted by atomic mass is 10.0. The molecule has 7 aromatic carbocycles. The Morgan fingerprint density at radius 3 is 1.36 bits per heavy atom. The van der Waals surface area contributed by atoms with Gasteiger partial charge in [0.2, 0.25) is 0 Å². The van der Waals surface area contributed by atoms with Crippen LogP contribution in [0.25, 0.3) is 38.6 Å². The fourth-order valence-electron chi connectivity index (χ4n) is 7.11. The van der Waals surface area contributed by atoms with Crippen LogP contribution in [-0.4, -0.2) is 12.6 Å². The Labute approximate surface area is 259 Å². The second-order valence-corrected chi connectivity index (χ2v) is 15.1. The predicted molar refractivity (Wildman–Crippen MR) is 190 cm³/mol. The maximum absolute atomic E-state index is 2.71. The molecule has 8 rings (SSSR count). The molecule has 0 aliphatic rings. The molecule has 0 saturated carbocycles. The van der Waals surface area contributed by atoms with E-state index in [-0.39, 0.29) is 0 Å². The van der Waals surface area contributed by atoms with Crippen LogP contribution in [0.2, 0.25) is 0 Å². The van der Waals surface area contributed by atoms with Crippen LogP contribution >= 0.6 is 0 Å². The molecule has 8 aromatic rings. The van der Waals surface area contributed by atoms with Crippen molar-refractivity contribution in [2.75, 3.05) is 0 Å². The maximum atomic E-state index is 2.41. The van der Waals surface area contributed by atoms with E-state index in [0.29, 0.717) is 0 Å². The Hall–Kier alpha value is -5.44. The SMILES string of the molecule is c1ccc([Si](c2ccccc2)(c2ccccc2)c2ccccc2-c2cccc(-n3c4ccccc4c4ccccc43)c2)cc1. The highest BCUT2D eigenvalue weighted by Crippen LogP contribution is 2.33. The summed E-state index contributed by atoms with van der Waals surface area (Å²) in [5.41, 5.74) is 6.11. The van der Waals surface area contributed by atoms with E-state index in [4.69, 9.17) is 0 Å². The van der Waals surface area contributed by atoms with E-state index in [2.05, 4.69) is 193 Å². The maximum Gasteiger partial charge on any atom is 0.180 e. The van der Waals surface area contributed by atoms with E-state index >= 15 is 0 Å². The van der Waals surface area contributed by atoms with Crippen LogP contribution in [0.5, 0.6) is 0 Å². The monoisotopic (exact) mass is 577 g/mol. The summed E-state index contributed by atoms with van der Waals surface area (Å²) in [6, 6.07) is 69.1. The fourth-order valence-corrected chi connectivity index (χ4v) is 12.1. The van der Waals surface area contributed by atoms with Gasteiger partial charge in [-0.15, -0.1) is 0 Å². The second-order valence-electron chi connectivity index (χ2n) is 11.3. The topological polar surface area (TPSA) is 4.93 Å². The molecule has 1 aromatic heterocycles. The van der Waals surface area contributed by atoms with Crippen LogP contribution in [0, 0.1) is 0 Å². The van der Waals surface area contributed by atoms with Crippen molar-refractivity contribution in [1.29, 1.82) is 0 Å². The molecular formula is C42H31NSi. The van der Waals surface area contributed by atoms with Crippen LogP contribution < -0.4 is 20.7 Å². The lowest BCUT2D eigenvalue weighted by Crippen LogP contribution is -2.75. The molecule has 1 heterocycles. The van der Waals surface area contributed by atoms with Gasteiger partial charge in [0.25, 0.3) is 0 Å².